The van der Waals surface area contributed by atoms with E-state index >= 15 is 0 Å². The summed E-state index contributed by atoms with van der Waals surface area (Å²) in [4.78, 5) is 4.52. The predicted octanol–water partition coefficient (Wildman–Crippen LogP) is 3.41. The molecule has 15 heavy (non-hydrogen) atoms. The van der Waals surface area contributed by atoms with E-state index in [1.165, 1.54) is 37.2 Å². The predicted molar refractivity (Wildman–Crippen MR) is 64.5 cm³/mol. The highest BCUT2D eigenvalue weighted by atomic mass is 32.1. The molecule has 1 saturated carbocycles. The van der Waals surface area contributed by atoms with Gasteiger partial charge in [0, 0.05) is 23.0 Å². The number of anilines is 1. The second kappa shape index (κ2) is 4.08. The number of aromatic nitrogens is 2. The molecule has 1 fully saturated rings. The molecule has 84 valence electrons. The van der Waals surface area contributed by atoms with Gasteiger partial charge in [-0.2, -0.15) is 4.37 Å². The zero-order valence-electron chi connectivity index (χ0n) is 9.71. The molecule has 0 radical (unpaired) electrons. The van der Waals surface area contributed by atoms with Crippen molar-refractivity contribution in [3.8, 4) is 0 Å². The first kappa shape index (κ1) is 10.9. The Kier molecular flexibility index (Phi) is 2.96. The number of nitrogens with one attached hydrogen (secondary N) is 1. The van der Waals surface area contributed by atoms with Crippen LogP contribution in [-0.4, -0.2) is 14.9 Å². The van der Waals surface area contributed by atoms with Crippen molar-refractivity contribution in [2.24, 2.45) is 0 Å². The average Bonchev–Trinajstić information content (AvgIpc) is 2.59. The maximum atomic E-state index is 4.52. The molecule has 1 N–H and O–H groups in total. The number of hydrogen-bond acceptors (Lipinski definition) is 4. The summed E-state index contributed by atoms with van der Waals surface area (Å²) < 4.78 is 4.36. The van der Waals surface area contributed by atoms with Gasteiger partial charge in [0.2, 0.25) is 5.13 Å². The monoisotopic (exact) mass is 225 g/mol. The van der Waals surface area contributed by atoms with Crippen molar-refractivity contribution in [2.45, 2.75) is 57.9 Å². The lowest BCUT2D eigenvalue weighted by molar-refractivity contribution is 0.269. The summed E-state index contributed by atoms with van der Waals surface area (Å²) in [5, 5.41) is 4.56. The van der Waals surface area contributed by atoms with Crippen molar-refractivity contribution in [1.29, 1.82) is 0 Å². The van der Waals surface area contributed by atoms with Crippen LogP contribution in [0.4, 0.5) is 5.13 Å². The Morgan fingerprint density at radius 1 is 1.47 bits per heavy atom. The van der Waals surface area contributed by atoms with Crippen molar-refractivity contribution < 1.29 is 0 Å². The molecule has 1 aromatic heterocycles. The van der Waals surface area contributed by atoms with Crippen LogP contribution in [0.15, 0.2) is 0 Å². The molecule has 4 heteroatoms. The van der Waals surface area contributed by atoms with Crippen molar-refractivity contribution in [1.82, 2.24) is 9.36 Å². The Labute approximate surface area is 95.5 Å². The molecule has 0 amide bonds. The van der Waals surface area contributed by atoms with Crippen molar-refractivity contribution in [3.63, 3.8) is 0 Å². The molecule has 0 aliphatic heterocycles. The van der Waals surface area contributed by atoms with E-state index in [1.54, 1.807) is 0 Å². The van der Waals surface area contributed by atoms with E-state index in [4.69, 9.17) is 0 Å². The lowest BCUT2D eigenvalue weighted by atomic mass is 9.75. The lowest BCUT2D eigenvalue weighted by Crippen LogP contribution is -2.44. The molecule has 0 aromatic carbocycles. The Morgan fingerprint density at radius 2 is 2.20 bits per heavy atom. The zero-order valence-corrected chi connectivity index (χ0v) is 10.5. The van der Waals surface area contributed by atoms with E-state index in [0.717, 1.165) is 11.0 Å². The fourth-order valence-corrected chi connectivity index (χ4v) is 2.75. The van der Waals surface area contributed by atoms with E-state index in [0.29, 0.717) is 11.5 Å². The van der Waals surface area contributed by atoms with Crippen LogP contribution >= 0.6 is 11.5 Å². The van der Waals surface area contributed by atoms with E-state index in [9.17, 15) is 0 Å². The molecule has 1 aliphatic carbocycles. The summed E-state index contributed by atoms with van der Waals surface area (Å²) in [6.07, 6.45) is 5.08. The fraction of sp³-hybridized carbons (Fsp3) is 0.818. The first-order valence-corrected chi connectivity index (χ1v) is 6.54. The molecule has 0 unspecified atom stereocenters. The highest BCUT2D eigenvalue weighted by Gasteiger charge is 2.35. The van der Waals surface area contributed by atoms with Gasteiger partial charge in [-0.25, -0.2) is 4.98 Å². The van der Waals surface area contributed by atoms with Gasteiger partial charge >= 0.3 is 0 Å². The summed E-state index contributed by atoms with van der Waals surface area (Å²) >= 11 is 1.50. The van der Waals surface area contributed by atoms with Crippen molar-refractivity contribution >= 4 is 16.7 Å². The van der Waals surface area contributed by atoms with Crippen LogP contribution in [0.2, 0.25) is 0 Å². The standard InChI is InChI=1S/C11H19N3S/c1-4-11(6-5-7-11)13-10-12-9(8(2)3)14-15-10/h8H,4-7H2,1-3H3,(H,12,13,14). The molecule has 3 nitrogen and oxygen atoms in total. The molecule has 0 spiro atoms. The molecule has 2 rings (SSSR count). The number of nitrogens with zero attached hydrogens (tertiary/aromatic N) is 2. The quantitative estimate of drug-likeness (QED) is 0.853. The zero-order chi connectivity index (χ0) is 10.9. The topological polar surface area (TPSA) is 37.8 Å². The molecule has 0 bridgehead atoms. The molecule has 1 aromatic rings. The lowest BCUT2D eigenvalue weighted by Gasteiger charge is -2.41. The van der Waals surface area contributed by atoms with Gasteiger partial charge in [0.1, 0.15) is 5.82 Å². The number of hydrogen-bond donors (Lipinski definition) is 1. The van der Waals surface area contributed by atoms with Gasteiger partial charge in [0.05, 0.1) is 0 Å². The third-order valence-corrected chi connectivity index (χ3v) is 3.96. The fourth-order valence-electron chi connectivity index (χ4n) is 1.92. The SMILES string of the molecule is CCC1(Nc2nc(C(C)C)ns2)CCC1. The molecule has 1 aliphatic rings. The van der Waals surface area contributed by atoms with Crippen LogP contribution < -0.4 is 5.32 Å². The maximum absolute atomic E-state index is 4.52. The minimum atomic E-state index is 0.327. The minimum absolute atomic E-state index is 0.327. The van der Waals surface area contributed by atoms with E-state index < -0.39 is 0 Å². The normalized spacial score (nSPS) is 18.9. The van der Waals surface area contributed by atoms with Gasteiger partial charge < -0.3 is 5.32 Å². The maximum Gasteiger partial charge on any atom is 0.203 e. The van der Waals surface area contributed by atoms with Crippen LogP contribution in [0.25, 0.3) is 0 Å². The highest BCUT2D eigenvalue weighted by molar-refractivity contribution is 7.09. The molecule has 0 saturated heterocycles. The summed E-state index contributed by atoms with van der Waals surface area (Å²) in [7, 11) is 0. The second-order valence-corrected chi connectivity index (χ2v) is 5.48. The van der Waals surface area contributed by atoms with Crippen LogP contribution in [0.5, 0.6) is 0 Å². The van der Waals surface area contributed by atoms with Gasteiger partial charge in [0.15, 0.2) is 0 Å². The molecule has 0 atom stereocenters. The second-order valence-electron chi connectivity index (χ2n) is 4.72. The van der Waals surface area contributed by atoms with Crippen LogP contribution in [0, 0.1) is 0 Å². The summed E-state index contributed by atoms with van der Waals surface area (Å²) in [5.74, 6) is 1.39. The van der Waals surface area contributed by atoms with Gasteiger partial charge in [-0.3, -0.25) is 0 Å². The molecular formula is C11H19N3S. The van der Waals surface area contributed by atoms with E-state index in [1.807, 2.05) is 0 Å². The van der Waals surface area contributed by atoms with Gasteiger partial charge in [-0.1, -0.05) is 20.8 Å². The van der Waals surface area contributed by atoms with Crippen LogP contribution in [0.1, 0.15) is 58.2 Å². The largest absolute Gasteiger partial charge is 0.355 e. The Balaban J connectivity index is 2.04. The van der Waals surface area contributed by atoms with E-state index in [2.05, 4.69) is 35.4 Å². The third kappa shape index (κ3) is 2.14. The van der Waals surface area contributed by atoms with Crippen molar-refractivity contribution in [2.75, 3.05) is 5.32 Å². The Morgan fingerprint density at radius 3 is 2.60 bits per heavy atom. The van der Waals surface area contributed by atoms with E-state index in [-0.39, 0.29) is 0 Å². The third-order valence-electron chi connectivity index (χ3n) is 3.32. The minimum Gasteiger partial charge on any atom is -0.355 e. The Hall–Kier alpha value is -0.640. The summed E-state index contributed by atoms with van der Waals surface area (Å²) in [6.45, 7) is 6.51. The smallest absolute Gasteiger partial charge is 0.203 e. The first-order chi connectivity index (χ1) is 7.15. The average molecular weight is 225 g/mol. The van der Waals surface area contributed by atoms with Gasteiger partial charge in [0.25, 0.3) is 0 Å². The summed E-state index contributed by atoms with van der Waals surface area (Å²) in [6, 6.07) is 0. The van der Waals surface area contributed by atoms with Crippen molar-refractivity contribution in [3.05, 3.63) is 5.82 Å². The summed E-state index contributed by atoms with van der Waals surface area (Å²) in [5.41, 5.74) is 0.327. The highest BCUT2D eigenvalue weighted by Crippen LogP contribution is 2.38. The first-order valence-electron chi connectivity index (χ1n) is 5.77. The molecular weight excluding hydrogens is 206 g/mol. The van der Waals surface area contributed by atoms with Gasteiger partial charge in [-0.15, -0.1) is 0 Å². The molecule has 1 heterocycles. The van der Waals surface area contributed by atoms with Crippen LogP contribution in [0.3, 0.4) is 0 Å². The van der Waals surface area contributed by atoms with Crippen LogP contribution in [-0.2, 0) is 0 Å². The number of rotatable bonds is 4. The van der Waals surface area contributed by atoms with Gasteiger partial charge in [-0.05, 0) is 25.7 Å². The Bertz CT molecular complexity index is 323.